The molecule has 0 radical (unpaired) electrons. The molecule has 46 heavy (non-hydrogen) atoms. The Bertz CT molecular complexity index is 1740. The van der Waals surface area contributed by atoms with Crippen LogP contribution in [0.25, 0.3) is 11.1 Å². The number of anilines is 2. The van der Waals surface area contributed by atoms with E-state index >= 15 is 4.39 Å². The number of carbonyl (C=O) groups excluding carboxylic acids is 2. The number of amides is 2. The van der Waals surface area contributed by atoms with Crippen LogP contribution in [0.2, 0.25) is 0 Å². The predicted octanol–water partition coefficient (Wildman–Crippen LogP) is 4.30. The quantitative estimate of drug-likeness (QED) is 0.311. The van der Waals surface area contributed by atoms with Crippen LogP contribution >= 0.6 is 11.3 Å². The van der Waals surface area contributed by atoms with Gasteiger partial charge in [-0.05, 0) is 74.2 Å². The van der Waals surface area contributed by atoms with Crippen molar-refractivity contribution in [1.82, 2.24) is 29.7 Å². The van der Waals surface area contributed by atoms with Crippen LogP contribution in [0.15, 0.2) is 54.3 Å². The second kappa shape index (κ2) is 12.2. The van der Waals surface area contributed by atoms with E-state index < -0.39 is 17.8 Å². The summed E-state index contributed by atoms with van der Waals surface area (Å²) in [4.78, 5) is 43.0. The predicted molar refractivity (Wildman–Crippen MR) is 175 cm³/mol. The normalized spacial score (nSPS) is 19.4. The van der Waals surface area contributed by atoms with Gasteiger partial charge in [-0.25, -0.2) is 14.4 Å². The maximum Gasteiger partial charge on any atom is 0.255 e. The summed E-state index contributed by atoms with van der Waals surface area (Å²) in [7, 11) is 0. The highest BCUT2D eigenvalue weighted by Crippen LogP contribution is 2.38. The smallest absolute Gasteiger partial charge is 0.255 e. The second-order valence-electron chi connectivity index (χ2n) is 12.6. The largest absolute Gasteiger partial charge is 0.369 e. The highest BCUT2D eigenvalue weighted by molar-refractivity contribution is 7.13. The first kappa shape index (κ1) is 29.3. The summed E-state index contributed by atoms with van der Waals surface area (Å²) >= 11 is 1.30. The first-order chi connectivity index (χ1) is 22.5. The van der Waals surface area contributed by atoms with Gasteiger partial charge in [0.2, 0.25) is 0 Å². The molecule has 238 valence electrons. The van der Waals surface area contributed by atoms with E-state index in [-0.39, 0.29) is 18.0 Å². The van der Waals surface area contributed by atoms with Crippen molar-refractivity contribution in [2.24, 2.45) is 0 Å². The molecule has 1 unspecified atom stereocenters. The Labute approximate surface area is 271 Å². The molecular weight excluding hydrogens is 603 g/mol. The molecule has 4 aliphatic rings. The number of imidazole rings is 1. The van der Waals surface area contributed by atoms with Gasteiger partial charge < -0.3 is 19.7 Å². The van der Waals surface area contributed by atoms with Crippen LogP contribution in [0.3, 0.4) is 0 Å². The lowest BCUT2D eigenvalue weighted by Gasteiger charge is -2.41. The summed E-state index contributed by atoms with van der Waals surface area (Å²) < 4.78 is 17.8. The number of piperazine rings is 1. The number of carbonyl (C=O) groups is 2. The second-order valence-corrected chi connectivity index (χ2v) is 13.5. The van der Waals surface area contributed by atoms with E-state index in [0.29, 0.717) is 28.0 Å². The van der Waals surface area contributed by atoms with E-state index in [1.165, 1.54) is 35.1 Å². The van der Waals surface area contributed by atoms with Gasteiger partial charge in [-0.15, -0.1) is 11.3 Å². The van der Waals surface area contributed by atoms with Gasteiger partial charge in [0.1, 0.15) is 5.82 Å². The van der Waals surface area contributed by atoms with Gasteiger partial charge in [-0.1, -0.05) is 12.1 Å². The zero-order valence-electron chi connectivity index (χ0n) is 25.6. The third-order valence-electron chi connectivity index (χ3n) is 9.99. The molecule has 10 nitrogen and oxygen atoms in total. The van der Waals surface area contributed by atoms with E-state index in [4.69, 9.17) is 0 Å². The van der Waals surface area contributed by atoms with Crippen molar-refractivity contribution in [2.75, 3.05) is 49.5 Å². The summed E-state index contributed by atoms with van der Waals surface area (Å²) in [5.41, 5.74) is 4.71. The molecule has 2 amide bonds. The van der Waals surface area contributed by atoms with E-state index in [1.54, 1.807) is 24.0 Å². The Hall–Kier alpha value is -4.13. The lowest BCUT2D eigenvalue weighted by atomic mass is 9.99. The standard InChI is InChI=1S/C34H37FN8O2S/c35-28-19-23(22-3-5-24(6-4-22)40-13-15-41(16-14-40)25-7-9-36-10-8-25)18-26-27(28)20-43(33(26)45)31(32(44)39-34-37-11-17-46-34)30-29-2-1-12-42(29)21-38-30/h3-6,11,17-19,21,25,31,36H,1-2,7-10,12-16,20H2,(H,37,39,44). The van der Waals surface area contributed by atoms with E-state index in [0.717, 1.165) is 75.6 Å². The zero-order chi connectivity index (χ0) is 31.2. The fourth-order valence-corrected chi connectivity index (χ4v) is 8.08. The number of fused-ring (bicyclic) bond motifs is 2. The molecule has 0 bridgehead atoms. The highest BCUT2D eigenvalue weighted by atomic mass is 32.1. The molecule has 12 heteroatoms. The Kier molecular flexibility index (Phi) is 7.79. The van der Waals surface area contributed by atoms with E-state index in [2.05, 4.69) is 42.5 Å². The average Bonchev–Trinajstić information content (AvgIpc) is 3.90. The number of nitrogens with one attached hydrogen (secondary N) is 2. The van der Waals surface area contributed by atoms with Gasteiger partial charge in [0.25, 0.3) is 11.8 Å². The van der Waals surface area contributed by atoms with E-state index in [1.807, 2.05) is 16.7 Å². The fraction of sp³-hybridized carbons (Fsp3) is 0.412. The minimum Gasteiger partial charge on any atom is -0.369 e. The third kappa shape index (κ3) is 5.37. The Balaban J connectivity index is 1.02. The molecule has 0 saturated carbocycles. The van der Waals surface area contributed by atoms with Gasteiger partial charge >= 0.3 is 0 Å². The van der Waals surface area contributed by atoms with Gasteiger partial charge in [-0.2, -0.15) is 0 Å². The maximum atomic E-state index is 15.8. The first-order valence-corrected chi connectivity index (χ1v) is 17.1. The number of benzene rings is 2. The van der Waals surface area contributed by atoms with Crippen LogP contribution < -0.4 is 15.5 Å². The minimum absolute atomic E-state index is 0.00911. The summed E-state index contributed by atoms with van der Waals surface area (Å²) in [5, 5.41) is 8.52. The number of thiazole rings is 1. The summed E-state index contributed by atoms with van der Waals surface area (Å²) in [6.45, 7) is 7.12. The first-order valence-electron chi connectivity index (χ1n) is 16.2. The van der Waals surface area contributed by atoms with Gasteiger partial charge in [0.15, 0.2) is 11.2 Å². The highest BCUT2D eigenvalue weighted by Gasteiger charge is 2.42. The van der Waals surface area contributed by atoms with E-state index in [9.17, 15) is 9.59 Å². The molecule has 0 aliphatic carbocycles. The third-order valence-corrected chi connectivity index (χ3v) is 10.7. The van der Waals surface area contributed by atoms with Crippen molar-refractivity contribution in [3.8, 4) is 11.1 Å². The van der Waals surface area contributed by atoms with Crippen LogP contribution in [-0.4, -0.2) is 81.5 Å². The van der Waals surface area contributed by atoms with Crippen LogP contribution in [0, 0.1) is 5.82 Å². The van der Waals surface area contributed by atoms with Crippen LogP contribution in [0.5, 0.6) is 0 Å². The minimum atomic E-state index is -1.00. The molecule has 0 spiro atoms. The van der Waals surface area contributed by atoms with Crippen molar-refractivity contribution >= 4 is 34.0 Å². The van der Waals surface area contributed by atoms with Crippen molar-refractivity contribution in [1.29, 1.82) is 0 Å². The molecule has 2 saturated heterocycles. The Morgan fingerprint density at radius 3 is 2.59 bits per heavy atom. The van der Waals surface area contributed by atoms with Crippen LogP contribution in [0.4, 0.5) is 15.2 Å². The fourth-order valence-electron chi connectivity index (χ4n) is 7.55. The van der Waals surface area contributed by atoms with Crippen LogP contribution in [0.1, 0.15) is 52.6 Å². The lowest BCUT2D eigenvalue weighted by molar-refractivity contribution is -0.121. The zero-order valence-corrected chi connectivity index (χ0v) is 26.4. The summed E-state index contributed by atoms with van der Waals surface area (Å²) in [6.07, 6.45) is 7.50. The lowest BCUT2D eigenvalue weighted by Crippen LogP contribution is -2.52. The molecule has 4 aliphatic heterocycles. The Morgan fingerprint density at radius 1 is 1.02 bits per heavy atom. The van der Waals surface area contributed by atoms with Crippen molar-refractivity contribution < 1.29 is 14.0 Å². The number of nitrogens with zero attached hydrogens (tertiary/aromatic N) is 6. The number of aryl methyl sites for hydroxylation is 1. The molecule has 8 rings (SSSR count). The molecule has 4 aromatic rings. The number of piperidine rings is 1. The SMILES string of the molecule is O=C(Nc1nccs1)C(c1ncn2c1CCC2)N1Cc2c(F)cc(-c3ccc(N4CCN(C5CCNCC5)CC4)cc3)cc2C1=O. The van der Waals surface area contributed by atoms with Crippen molar-refractivity contribution in [3.63, 3.8) is 0 Å². The molecule has 2 aromatic heterocycles. The number of rotatable bonds is 7. The van der Waals surface area contributed by atoms with Crippen molar-refractivity contribution in [3.05, 3.63) is 82.6 Å². The molecule has 2 fully saturated rings. The van der Waals surface area contributed by atoms with Crippen molar-refractivity contribution in [2.45, 2.75) is 50.9 Å². The number of halogens is 1. The average molecular weight is 641 g/mol. The van der Waals surface area contributed by atoms with Gasteiger partial charge in [-0.3, -0.25) is 19.8 Å². The molecule has 6 heterocycles. The summed E-state index contributed by atoms with van der Waals surface area (Å²) in [6, 6.07) is 11.1. The monoisotopic (exact) mass is 640 g/mol. The Morgan fingerprint density at radius 2 is 1.83 bits per heavy atom. The molecular formula is C34H37FN8O2S. The van der Waals surface area contributed by atoms with Crippen LogP contribution in [-0.2, 0) is 24.3 Å². The molecule has 2 N–H and O–H groups in total. The van der Waals surface area contributed by atoms with Gasteiger partial charge in [0.05, 0.1) is 18.6 Å². The number of hydrogen-bond acceptors (Lipinski definition) is 8. The molecule has 1 atom stereocenters. The number of hydrogen-bond donors (Lipinski definition) is 2. The topological polar surface area (TPSA) is 98.6 Å². The number of aromatic nitrogens is 3. The molecule has 2 aromatic carbocycles. The maximum absolute atomic E-state index is 15.8. The van der Waals surface area contributed by atoms with Gasteiger partial charge in [0, 0.05) is 72.9 Å². The summed E-state index contributed by atoms with van der Waals surface area (Å²) in [5.74, 6) is -1.23.